The maximum Gasteiger partial charge on any atom is 0.271 e. The van der Waals surface area contributed by atoms with Crippen LogP contribution in [-0.4, -0.2) is 31.2 Å². The number of hydrogen-bond donors (Lipinski definition) is 2. The number of benzene rings is 3. The molecule has 3 aromatic carbocycles. The van der Waals surface area contributed by atoms with E-state index in [4.69, 9.17) is 21.1 Å². The van der Waals surface area contributed by atoms with Gasteiger partial charge in [-0.05, 0) is 83.5 Å². The maximum absolute atomic E-state index is 13.0. The Morgan fingerprint density at radius 2 is 1.74 bits per heavy atom. The number of amides is 2. The summed E-state index contributed by atoms with van der Waals surface area (Å²) in [5.74, 6) is -0.466. The summed E-state index contributed by atoms with van der Waals surface area (Å²) >= 11 is 9.26. The largest absolute Gasteiger partial charge is 0.490 e. The van der Waals surface area contributed by atoms with Crippen molar-refractivity contribution in [2.75, 3.05) is 18.5 Å². The fourth-order valence-electron chi connectivity index (χ4n) is 2.73. The van der Waals surface area contributed by atoms with Crippen molar-refractivity contribution in [3.63, 3.8) is 0 Å². The molecule has 0 heterocycles. The molecule has 0 atom stereocenters. The Kier molecular flexibility index (Phi) is 9.00. The van der Waals surface area contributed by atoms with E-state index < -0.39 is 11.7 Å². The van der Waals surface area contributed by atoms with Crippen molar-refractivity contribution in [3.8, 4) is 11.5 Å². The van der Waals surface area contributed by atoms with Gasteiger partial charge in [0.05, 0.1) is 12.8 Å². The van der Waals surface area contributed by atoms with Gasteiger partial charge in [-0.15, -0.1) is 0 Å². The first-order valence-corrected chi connectivity index (χ1v) is 11.3. The summed E-state index contributed by atoms with van der Waals surface area (Å²) < 4.78 is 24.9. The molecule has 0 spiro atoms. The minimum absolute atomic E-state index is 0.283. The molecule has 10 heteroatoms. The van der Waals surface area contributed by atoms with Crippen molar-refractivity contribution in [2.45, 2.75) is 6.92 Å². The predicted molar refractivity (Wildman–Crippen MR) is 132 cm³/mol. The van der Waals surface area contributed by atoms with E-state index in [0.717, 1.165) is 0 Å². The summed E-state index contributed by atoms with van der Waals surface area (Å²) in [6, 6.07) is 15.1. The number of halogens is 3. The van der Waals surface area contributed by atoms with Gasteiger partial charge in [0.1, 0.15) is 5.82 Å². The van der Waals surface area contributed by atoms with E-state index in [1.807, 2.05) is 6.92 Å². The van der Waals surface area contributed by atoms with E-state index >= 15 is 0 Å². The first kappa shape index (κ1) is 25.2. The number of carbonyl (C=O) groups excluding carboxylic acids is 2. The molecule has 0 saturated heterocycles. The zero-order valence-corrected chi connectivity index (χ0v) is 20.3. The summed E-state index contributed by atoms with van der Waals surface area (Å²) in [6.45, 7) is 1.89. The first-order chi connectivity index (χ1) is 16.4. The van der Waals surface area contributed by atoms with Gasteiger partial charge in [-0.3, -0.25) is 9.59 Å². The third-order valence-corrected chi connectivity index (χ3v) is 5.26. The van der Waals surface area contributed by atoms with Gasteiger partial charge in [-0.25, -0.2) is 9.82 Å². The minimum atomic E-state index is -0.416. The van der Waals surface area contributed by atoms with Crippen LogP contribution in [0.4, 0.5) is 10.1 Å². The number of nitrogens with one attached hydrogen (secondary N) is 2. The molecule has 7 nitrogen and oxygen atoms in total. The van der Waals surface area contributed by atoms with E-state index in [9.17, 15) is 14.0 Å². The van der Waals surface area contributed by atoms with Crippen LogP contribution >= 0.6 is 27.5 Å². The lowest BCUT2D eigenvalue weighted by Crippen LogP contribution is -2.20. The quantitative estimate of drug-likeness (QED) is 0.276. The van der Waals surface area contributed by atoms with Crippen molar-refractivity contribution in [2.24, 2.45) is 5.10 Å². The zero-order chi connectivity index (χ0) is 24.5. The molecular weight excluding hydrogens is 529 g/mol. The van der Waals surface area contributed by atoms with Gasteiger partial charge in [0, 0.05) is 26.3 Å². The predicted octanol–water partition coefficient (Wildman–Crippen LogP) is 5.42. The highest BCUT2D eigenvalue weighted by molar-refractivity contribution is 9.10. The van der Waals surface area contributed by atoms with Gasteiger partial charge in [0.25, 0.3) is 11.8 Å². The van der Waals surface area contributed by atoms with Gasteiger partial charge >= 0.3 is 0 Å². The Bertz CT molecular complexity index is 1190. The van der Waals surface area contributed by atoms with Gasteiger partial charge in [-0.2, -0.15) is 5.10 Å². The number of ether oxygens (including phenoxy) is 2. The van der Waals surface area contributed by atoms with E-state index in [2.05, 4.69) is 31.8 Å². The molecule has 0 aliphatic carbocycles. The van der Waals surface area contributed by atoms with Crippen LogP contribution in [0.3, 0.4) is 0 Å². The summed E-state index contributed by atoms with van der Waals surface area (Å²) in [5.41, 5.74) is 3.93. The molecule has 0 aromatic heterocycles. The van der Waals surface area contributed by atoms with Crippen molar-refractivity contribution < 1.29 is 23.5 Å². The van der Waals surface area contributed by atoms with Crippen molar-refractivity contribution in [3.05, 3.63) is 87.1 Å². The van der Waals surface area contributed by atoms with E-state index in [1.165, 1.54) is 30.5 Å². The van der Waals surface area contributed by atoms with Crippen LogP contribution in [-0.2, 0) is 4.79 Å². The Balaban J connectivity index is 1.65. The van der Waals surface area contributed by atoms with Crippen LogP contribution < -0.4 is 20.2 Å². The lowest BCUT2D eigenvalue weighted by molar-refractivity contribution is -0.118. The molecular formula is C24H20BrClFN3O4. The zero-order valence-electron chi connectivity index (χ0n) is 18.0. The Labute approximate surface area is 209 Å². The van der Waals surface area contributed by atoms with E-state index in [0.29, 0.717) is 44.4 Å². The fraction of sp³-hybridized carbons (Fsp3) is 0.125. The third-order valence-electron chi connectivity index (χ3n) is 4.33. The monoisotopic (exact) mass is 547 g/mol. The van der Waals surface area contributed by atoms with Crippen molar-refractivity contribution >= 4 is 51.2 Å². The average molecular weight is 549 g/mol. The van der Waals surface area contributed by atoms with Crippen LogP contribution in [0, 0.1) is 5.82 Å². The smallest absolute Gasteiger partial charge is 0.271 e. The molecule has 0 bridgehead atoms. The third kappa shape index (κ3) is 7.29. The Morgan fingerprint density at radius 3 is 2.41 bits per heavy atom. The Hall–Kier alpha value is -3.43. The highest BCUT2D eigenvalue weighted by Crippen LogP contribution is 2.33. The van der Waals surface area contributed by atoms with Gasteiger partial charge in [0.15, 0.2) is 18.1 Å². The molecule has 2 amide bonds. The highest BCUT2D eigenvalue weighted by Gasteiger charge is 2.13. The summed E-state index contributed by atoms with van der Waals surface area (Å²) in [7, 11) is 0. The maximum atomic E-state index is 13.0. The fourth-order valence-corrected chi connectivity index (χ4v) is 3.28. The molecule has 3 aromatic rings. The molecule has 0 radical (unpaired) electrons. The first-order valence-electron chi connectivity index (χ1n) is 10.1. The molecule has 0 aliphatic heterocycles. The molecule has 0 unspecified atom stereocenters. The molecule has 0 aliphatic rings. The topological polar surface area (TPSA) is 89.0 Å². The summed E-state index contributed by atoms with van der Waals surface area (Å²) in [4.78, 5) is 24.4. The molecule has 34 heavy (non-hydrogen) atoms. The number of carbonyl (C=O) groups is 2. The minimum Gasteiger partial charge on any atom is -0.490 e. The SMILES string of the molecule is CCOc1cc(/C=N\NC(=O)c2ccc(Cl)cc2)c(Br)cc1OCC(=O)Nc1ccc(F)cc1. The lowest BCUT2D eigenvalue weighted by Gasteiger charge is -2.14. The van der Waals surface area contributed by atoms with Gasteiger partial charge < -0.3 is 14.8 Å². The second kappa shape index (κ2) is 12.2. The molecule has 176 valence electrons. The van der Waals surface area contributed by atoms with Crippen molar-refractivity contribution in [1.82, 2.24) is 5.43 Å². The van der Waals surface area contributed by atoms with E-state index in [-0.39, 0.29) is 12.5 Å². The normalized spacial score (nSPS) is 10.7. The molecule has 0 fully saturated rings. The standard InChI is InChI=1S/C24H20BrClFN3O4/c1-2-33-21-11-16(13-28-30-24(32)15-3-5-17(26)6-4-15)20(25)12-22(21)34-14-23(31)29-19-9-7-18(27)8-10-19/h3-13H,2,14H2,1H3,(H,29,31)(H,30,32)/b28-13-. The lowest BCUT2D eigenvalue weighted by atomic mass is 10.2. The number of hydrazone groups is 1. The second-order valence-electron chi connectivity index (χ2n) is 6.80. The molecule has 2 N–H and O–H groups in total. The highest BCUT2D eigenvalue weighted by atomic mass is 79.9. The number of anilines is 1. The van der Waals surface area contributed by atoms with Gasteiger partial charge in [-0.1, -0.05) is 11.6 Å². The Morgan fingerprint density at radius 1 is 1.06 bits per heavy atom. The van der Waals surface area contributed by atoms with Crippen LogP contribution in [0.1, 0.15) is 22.8 Å². The molecule has 3 rings (SSSR count). The van der Waals surface area contributed by atoms with Crippen LogP contribution in [0.25, 0.3) is 0 Å². The summed E-state index contributed by atoms with van der Waals surface area (Å²) in [5, 5.41) is 7.13. The second-order valence-corrected chi connectivity index (χ2v) is 8.09. The van der Waals surface area contributed by atoms with Crippen molar-refractivity contribution in [1.29, 1.82) is 0 Å². The molecule has 0 saturated carbocycles. The van der Waals surface area contributed by atoms with E-state index in [1.54, 1.807) is 36.4 Å². The summed E-state index contributed by atoms with van der Waals surface area (Å²) in [6.07, 6.45) is 1.45. The number of nitrogens with zero attached hydrogens (tertiary/aromatic N) is 1. The van der Waals surface area contributed by atoms with Crippen LogP contribution in [0.5, 0.6) is 11.5 Å². The van der Waals surface area contributed by atoms with Crippen LogP contribution in [0.2, 0.25) is 5.02 Å². The van der Waals surface area contributed by atoms with Crippen LogP contribution in [0.15, 0.2) is 70.2 Å². The number of hydrogen-bond acceptors (Lipinski definition) is 5. The van der Waals surface area contributed by atoms with Gasteiger partial charge in [0.2, 0.25) is 0 Å². The average Bonchev–Trinajstić information content (AvgIpc) is 2.82. The number of rotatable bonds is 9.